The first kappa shape index (κ1) is 13.6. The summed E-state index contributed by atoms with van der Waals surface area (Å²) in [6.45, 7) is 2.22. The number of nitrogens with zero attached hydrogens (tertiary/aromatic N) is 1. The van der Waals surface area contributed by atoms with Crippen molar-refractivity contribution in [1.29, 1.82) is 0 Å². The second-order valence-corrected chi connectivity index (χ2v) is 5.78. The molecule has 2 nitrogen and oxygen atoms in total. The molecule has 0 aromatic heterocycles. The average molecular weight is 246 g/mol. The summed E-state index contributed by atoms with van der Waals surface area (Å²) in [5.74, 6) is 0. The van der Waals surface area contributed by atoms with Crippen molar-refractivity contribution < 1.29 is 0 Å². The topological polar surface area (TPSA) is 15.3 Å². The predicted octanol–water partition coefficient (Wildman–Crippen LogP) is 3.13. The molecule has 1 aromatic rings. The van der Waals surface area contributed by atoms with E-state index in [-0.39, 0.29) is 5.54 Å². The van der Waals surface area contributed by atoms with E-state index in [1.807, 2.05) is 0 Å². The fourth-order valence-corrected chi connectivity index (χ4v) is 3.61. The Kier molecular flexibility index (Phi) is 4.08. The second-order valence-electron chi connectivity index (χ2n) is 5.78. The molecule has 1 fully saturated rings. The summed E-state index contributed by atoms with van der Waals surface area (Å²) in [5, 5.41) is 3.58. The van der Waals surface area contributed by atoms with Crippen molar-refractivity contribution in [2.75, 3.05) is 21.1 Å². The van der Waals surface area contributed by atoms with Crippen molar-refractivity contribution in [2.24, 2.45) is 0 Å². The van der Waals surface area contributed by atoms with E-state index < -0.39 is 0 Å². The Labute approximate surface area is 111 Å². The molecule has 2 heteroatoms. The number of aryl methyl sites for hydroxylation is 1. The zero-order valence-corrected chi connectivity index (χ0v) is 12.2. The van der Waals surface area contributed by atoms with Gasteiger partial charge in [-0.2, -0.15) is 0 Å². The standard InChI is InChI=1S/C16H26N2/c1-13-9-5-6-10-14(13)15(17-2)16(18(3)4)11-7-8-12-16/h5-6,9-10,15,17H,7-8,11-12H2,1-4H3. The van der Waals surface area contributed by atoms with Gasteiger partial charge in [0.25, 0.3) is 0 Å². The molecule has 0 radical (unpaired) electrons. The Hall–Kier alpha value is -0.860. The van der Waals surface area contributed by atoms with Crippen LogP contribution in [0.3, 0.4) is 0 Å². The molecule has 0 aliphatic heterocycles. The molecule has 18 heavy (non-hydrogen) atoms. The van der Waals surface area contributed by atoms with E-state index in [0.29, 0.717) is 6.04 Å². The van der Waals surface area contributed by atoms with E-state index in [1.54, 1.807) is 0 Å². The fourth-order valence-electron chi connectivity index (χ4n) is 3.61. The minimum atomic E-state index is 0.279. The molecule has 0 saturated heterocycles. The third-order valence-corrected chi connectivity index (χ3v) is 4.69. The Morgan fingerprint density at radius 1 is 1.17 bits per heavy atom. The van der Waals surface area contributed by atoms with Crippen molar-refractivity contribution in [3.05, 3.63) is 35.4 Å². The van der Waals surface area contributed by atoms with Gasteiger partial charge in [0.2, 0.25) is 0 Å². The first-order chi connectivity index (χ1) is 8.62. The van der Waals surface area contributed by atoms with Crippen molar-refractivity contribution in [1.82, 2.24) is 10.2 Å². The molecular weight excluding hydrogens is 220 g/mol. The highest BCUT2D eigenvalue weighted by Gasteiger charge is 2.43. The van der Waals surface area contributed by atoms with Crippen LogP contribution in [0.5, 0.6) is 0 Å². The Morgan fingerprint density at radius 3 is 2.28 bits per heavy atom. The zero-order valence-electron chi connectivity index (χ0n) is 12.2. The highest BCUT2D eigenvalue weighted by atomic mass is 15.2. The molecule has 1 unspecified atom stereocenters. The van der Waals surface area contributed by atoms with Gasteiger partial charge < -0.3 is 10.2 Å². The summed E-state index contributed by atoms with van der Waals surface area (Å²) in [4.78, 5) is 2.44. The minimum Gasteiger partial charge on any atom is -0.311 e. The van der Waals surface area contributed by atoms with Crippen LogP contribution in [0.4, 0.5) is 0 Å². The number of benzene rings is 1. The van der Waals surface area contributed by atoms with E-state index in [2.05, 4.69) is 62.5 Å². The quantitative estimate of drug-likeness (QED) is 0.878. The number of hydrogen-bond donors (Lipinski definition) is 1. The summed E-state index contributed by atoms with van der Waals surface area (Å²) in [5.41, 5.74) is 3.13. The van der Waals surface area contributed by atoms with Gasteiger partial charge in [-0.15, -0.1) is 0 Å². The average Bonchev–Trinajstić information content (AvgIpc) is 2.83. The third kappa shape index (κ3) is 2.19. The molecule has 1 aromatic carbocycles. The third-order valence-electron chi connectivity index (χ3n) is 4.69. The number of rotatable bonds is 4. The van der Waals surface area contributed by atoms with E-state index in [9.17, 15) is 0 Å². The SMILES string of the molecule is CNC(c1ccccc1C)C1(N(C)C)CCCC1. The lowest BCUT2D eigenvalue weighted by atomic mass is 9.81. The van der Waals surface area contributed by atoms with E-state index in [0.717, 1.165) is 0 Å². The highest BCUT2D eigenvalue weighted by molar-refractivity contribution is 5.32. The lowest BCUT2D eigenvalue weighted by Gasteiger charge is -2.44. The number of likely N-dealkylation sites (N-methyl/N-ethyl adjacent to an activating group) is 2. The highest BCUT2D eigenvalue weighted by Crippen LogP contribution is 2.43. The Balaban J connectivity index is 2.41. The molecule has 1 saturated carbocycles. The van der Waals surface area contributed by atoms with E-state index in [4.69, 9.17) is 0 Å². The summed E-state index contributed by atoms with van der Waals surface area (Å²) in [6.07, 6.45) is 5.28. The van der Waals surface area contributed by atoms with Crippen molar-refractivity contribution in [3.8, 4) is 0 Å². The van der Waals surface area contributed by atoms with Gasteiger partial charge in [0.1, 0.15) is 0 Å². The monoisotopic (exact) mass is 246 g/mol. The van der Waals surface area contributed by atoms with Crippen LogP contribution in [0.2, 0.25) is 0 Å². The van der Waals surface area contributed by atoms with Gasteiger partial charge in [-0.05, 0) is 52.0 Å². The number of nitrogens with one attached hydrogen (secondary N) is 1. The van der Waals surface area contributed by atoms with E-state index >= 15 is 0 Å². The maximum absolute atomic E-state index is 3.58. The summed E-state index contributed by atoms with van der Waals surface area (Å²) in [7, 11) is 6.56. The van der Waals surface area contributed by atoms with Crippen LogP contribution in [0, 0.1) is 6.92 Å². The van der Waals surface area contributed by atoms with Crippen LogP contribution < -0.4 is 5.32 Å². The van der Waals surface area contributed by atoms with Gasteiger partial charge in [-0.3, -0.25) is 0 Å². The summed E-state index contributed by atoms with van der Waals surface area (Å²) in [6, 6.07) is 9.21. The molecule has 2 rings (SSSR count). The summed E-state index contributed by atoms with van der Waals surface area (Å²) >= 11 is 0. The first-order valence-electron chi connectivity index (χ1n) is 7.02. The second kappa shape index (κ2) is 5.41. The molecule has 1 aliphatic carbocycles. The lowest BCUT2D eigenvalue weighted by molar-refractivity contribution is 0.108. The predicted molar refractivity (Wildman–Crippen MR) is 77.9 cm³/mol. The van der Waals surface area contributed by atoms with Crippen LogP contribution in [0.1, 0.15) is 42.9 Å². The lowest BCUT2D eigenvalue weighted by Crippen LogP contribution is -2.51. The molecule has 1 N–H and O–H groups in total. The molecule has 100 valence electrons. The molecule has 0 amide bonds. The minimum absolute atomic E-state index is 0.279. The van der Waals surface area contributed by atoms with Crippen LogP contribution in [0.25, 0.3) is 0 Å². The van der Waals surface area contributed by atoms with Crippen LogP contribution >= 0.6 is 0 Å². The van der Waals surface area contributed by atoms with Crippen LogP contribution in [-0.2, 0) is 0 Å². The molecule has 0 heterocycles. The van der Waals surface area contributed by atoms with Crippen molar-refractivity contribution in [2.45, 2.75) is 44.2 Å². The smallest absolute Gasteiger partial charge is 0.0507 e. The Morgan fingerprint density at radius 2 is 1.78 bits per heavy atom. The normalized spacial score (nSPS) is 20.3. The maximum Gasteiger partial charge on any atom is 0.0507 e. The first-order valence-corrected chi connectivity index (χ1v) is 7.02. The van der Waals surface area contributed by atoms with Gasteiger partial charge in [0, 0.05) is 5.54 Å². The van der Waals surface area contributed by atoms with Gasteiger partial charge in [-0.25, -0.2) is 0 Å². The van der Waals surface area contributed by atoms with Crippen molar-refractivity contribution >= 4 is 0 Å². The van der Waals surface area contributed by atoms with E-state index in [1.165, 1.54) is 36.8 Å². The molecule has 0 bridgehead atoms. The molecular formula is C16H26N2. The Bertz CT molecular complexity index is 392. The largest absolute Gasteiger partial charge is 0.311 e. The maximum atomic E-state index is 3.58. The van der Waals surface area contributed by atoms with Gasteiger partial charge >= 0.3 is 0 Å². The number of hydrogen-bond acceptors (Lipinski definition) is 2. The van der Waals surface area contributed by atoms with Gasteiger partial charge in [0.05, 0.1) is 6.04 Å². The van der Waals surface area contributed by atoms with Crippen molar-refractivity contribution in [3.63, 3.8) is 0 Å². The van der Waals surface area contributed by atoms with Crippen LogP contribution in [-0.4, -0.2) is 31.6 Å². The van der Waals surface area contributed by atoms with Gasteiger partial charge in [-0.1, -0.05) is 37.1 Å². The molecule has 1 aliphatic rings. The zero-order chi connectivity index (χ0) is 13.2. The van der Waals surface area contributed by atoms with Gasteiger partial charge in [0.15, 0.2) is 0 Å². The van der Waals surface area contributed by atoms with Crippen LogP contribution in [0.15, 0.2) is 24.3 Å². The molecule has 0 spiro atoms. The fraction of sp³-hybridized carbons (Fsp3) is 0.625. The molecule has 1 atom stereocenters. The summed E-state index contributed by atoms with van der Waals surface area (Å²) < 4.78 is 0.